The maximum absolute atomic E-state index is 11.8. The SMILES string of the molecule is O=C1C=CC(=O)C2=C1SC(=CC=C1Sc3ccccc3S1)S2. The number of hydrogen-bond donors (Lipinski definition) is 0. The van der Waals surface area contributed by atoms with Gasteiger partial charge in [-0.2, -0.15) is 0 Å². The molecule has 2 heterocycles. The van der Waals surface area contributed by atoms with E-state index in [9.17, 15) is 9.59 Å². The van der Waals surface area contributed by atoms with Crippen LogP contribution in [-0.4, -0.2) is 11.6 Å². The van der Waals surface area contributed by atoms with E-state index in [1.54, 1.807) is 23.5 Å². The molecule has 22 heavy (non-hydrogen) atoms. The van der Waals surface area contributed by atoms with Crippen LogP contribution in [0, 0.1) is 0 Å². The van der Waals surface area contributed by atoms with E-state index < -0.39 is 0 Å². The molecule has 0 radical (unpaired) electrons. The molecule has 4 rings (SSSR count). The van der Waals surface area contributed by atoms with Gasteiger partial charge in [-0.05, 0) is 36.4 Å². The summed E-state index contributed by atoms with van der Waals surface area (Å²) in [6, 6.07) is 8.31. The summed E-state index contributed by atoms with van der Waals surface area (Å²) < 4.78 is 2.18. The van der Waals surface area contributed by atoms with Crippen LogP contribution in [0.15, 0.2) is 76.6 Å². The summed E-state index contributed by atoms with van der Waals surface area (Å²) in [4.78, 5) is 27.3. The van der Waals surface area contributed by atoms with Crippen molar-refractivity contribution >= 4 is 58.6 Å². The lowest BCUT2D eigenvalue weighted by Gasteiger charge is -2.01. The second-order valence-electron chi connectivity index (χ2n) is 4.55. The summed E-state index contributed by atoms with van der Waals surface area (Å²) in [5.41, 5.74) is 0. The van der Waals surface area contributed by atoms with Gasteiger partial charge in [-0.15, -0.1) is 0 Å². The third-order valence-electron chi connectivity index (χ3n) is 3.07. The number of carbonyl (C=O) groups excluding carboxylic acids is 2. The van der Waals surface area contributed by atoms with E-state index in [0.29, 0.717) is 9.81 Å². The van der Waals surface area contributed by atoms with Crippen molar-refractivity contribution < 1.29 is 9.59 Å². The Morgan fingerprint density at radius 2 is 1.14 bits per heavy atom. The molecule has 0 fully saturated rings. The van der Waals surface area contributed by atoms with Gasteiger partial charge in [-0.1, -0.05) is 59.2 Å². The lowest BCUT2D eigenvalue weighted by atomic mass is 10.2. The lowest BCUT2D eigenvalue weighted by Crippen LogP contribution is -2.07. The molecule has 0 unspecified atom stereocenters. The van der Waals surface area contributed by atoms with Crippen molar-refractivity contribution in [1.29, 1.82) is 0 Å². The normalized spacial score (nSPS) is 19.6. The Morgan fingerprint density at radius 3 is 1.64 bits per heavy atom. The largest absolute Gasteiger partial charge is 0.289 e. The fourth-order valence-electron chi connectivity index (χ4n) is 2.07. The van der Waals surface area contributed by atoms with Crippen LogP contribution >= 0.6 is 47.0 Å². The van der Waals surface area contributed by atoms with Crippen LogP contribution in [0.2, 0.25) is 0 Å². The van der Waals surface area contributed by atoms with Gasteiger partial charge in [0.05, 0.1) is 14.0 Å². The second-order valence-corrected chi connectivity index (χ2v) is 9.34. The number of hydrogen-bond acceptors (Lipinski definition) is 6. The average molecular weight is 361 g/mol. The average Bonchev–Trinajstić information content (AvgIpc) is 3.13. The van der Waals surface area contributed by atoms with Crippen LogP contribution in [-0.2, 0) is 9.59 Å². The number of carbonyl (C=O) groups is 2. The molecule has 0 saturated carbocycles. The van der Waals surface area contributed by atoms with Gasteiger partial charge in [0, 0.05) is 14.0 Å². The summed E-state index contributed by atoms with van der Waals surface area (Å²) in [6.07, 6.45) is 6.77. The van der Waals surface area contributed by atoms with E-state index in [-0.39, 0.29) is 11.6 Å². The number of rotatable bonds is 1. The van der Waals surface area contributed by atoms with E-state index in [2.05, 4.69) is 18.2 Å². The number of ketones is 2. The smallest absolute Gasteiger partial charge is 0.193 e. The zero-order chi connectivity index (χ0) is 15.1. The first-order valence-corrected chi connectivity index (χ1v) is 9.71. The summed E-state index contributed by atoms with van der Waals surface area (Å²) in [5.74, 6) is -0.139. The van der Waals surface area contributed by atoms with E-state index in [1.807, 2.05) is 18.2 Å². The number of allylic oxidation sites excluding steroid dienone is 6. The third kappa shape index (κ3) is 2.65. The molecule has 1 aromatic carbocycles. The highest BCUT2D eigenvalue weighted by Crippen LogP contribution is 2.53. The zero-order valence-corrected chi connectivity index (χ0v) is 14.3. The molecule has 0 amide bonds. The molecular formula is C16H8O2S4. The molecule has 0 aromatic heterocycles. The molecule has 0 N–H and O–H groups in total. The molecule has 1 aliphatic carbocycles. The van der Waals surface area contributed by atoms with E-state index in [4.69, 9.17) is 0 Å². The van der Waals surface area contributed by atoms with Gasteiger partial charge < -0.3 is 0 Å². The Kier molecular flexibility index (Phi) is 3.86. The molecule has 2 nitrogen and oxygen atoms in total. The van der Waals surface area contributed by atoms with Gasteiger partial charge >= 0.3 is 0 Å². The highest BCUT2D eigenvalue weighted by Gasteiger charge is 2.31. The summed E-state index contributed by atoms with van der Waals surface area (Å²) in [5, 5.41) is 0. The molecule has 108 valence electrons. The van der Waals surface area contributed by atoms with Gasteiger partial charge in [-0.25, -0.2) is 0 Å². The maximum atomic E-state index is 11.8. The quantitative estimate of drug-likeness (QED) is 0.658. The molecule has 0 atom stereocenters. The number of thioether (sulfide) groups is 4. The van der Waals surface area contributed by atoms with Crippen molar-refractivity contribution in [2.24, 2.45) is 0 Å². The van der Waals surface area contributed by atoms with E-state index in [0.717, 1.165) is 4.24 Å². The van der Waals surface area contributed by atoms with Crippen LogP contribution in [0.5, 0.6) is 0 Å². The van der Waals surface area contributed by atoms with Crippen molar-refractivity contribution in [1.82, 2.24) is 0 Å². The van der Waals surface area contributed by atoms with Crippen molar-refractivity contribution in [3.63, 3.8) is 0 Å². The first-order chi connectivity index (χ1) is 10.7. The highest BCUT2D eigenvalue weighted by molar-refractivity contribution is 8.29. The first-order valence-electron chi connectivity index (χ1n) is 6.44. The van der Waals surface area contributed by atoms with Crippen LogP contribution in [0.4, 0.5) is 0 Å². The molecule has 6 heteroatoms. The van der Waals surface area contributed by atoms with Gasteiger partial charge in [-0.3, -0.25) is 9.59 Å². The monoisotopic (exact) mass is 360 g/mol. The van der Waals surface area contributed by atoms with Gasteiger partial charge in [0.25, 0.3) is 0 Å². The maximum Gasteiger partial charge on any atom is 0.193 e. The zero-order valence-electron chi connectivity index (χ0n) is 11.1. The Bertz CT molecular complexity index is 771. The molecule has 0 bridgehead atoms. The highest BCUT2D eigenvalue weighted by atomic mass is 32.2. The van der Waals surface area contributed by atoms with Crippen molar-refractivity contribution in [2.75, 3.05) is 0 Å². The fourth-order valence-corrected chi connectivity index (χ4v) is 6.68. The van der Waals surface area contributed by atoms with Crippen LogP contribution < -0.4 is 0 Å². The van der Waals surface area contributed by atoms with Crippen molar-refractivity contribution in [3.8, 4) is 0 Å². The van der Waals surface area contributed by atoms with E-state index in [1.165, 1.54) is 49.7 Å². The van der Waals surface area contributed by atoms with Crippen molar-refractivity contribution in [3.05, 3.63) is 66.9 Å². The van der Waals surface area contributed by atoms with Gasteiger partial charge in [0.2, 0.25) is 0 Å². The second kappa shape index (κ2) is 5.85. The van der Waals surface area contributed by atoms with Crippen LogP contribution in [0.3, 0.4) is 0 Å². The first kappa shape index (κ1) is 14.5. The molecule has 2 aliphatic heterocycles. The predicted octanol–water partition coefficient (Wildman–Crippen LogP) is 4.97. The molecule has 1 aromatic rings. The van der Waals surface area contributed by atoms with Crippen LogP contribution in [0.25, 0.3) is 0 Å². The Balaban J connectivity index is 1.52. The minimum Gasteiger partial charge on any atom is -0.289 e. The fraction of sp³-hybridized carbons (Fsp3) is 0. The summed E-state index contributed by atoms with van der Waals surface area (Å²) in [7, 11) is 0. The summed E-state index contributed by atoms with van der Waals surface area (Å²) >= 11 is 6.28. The predicted molar refractivity (Wildman–Crippen MR) is 95.7 cm³/mol. The molecular weight excluding hydrogens is 352 g/mol. The van der Waals surface area contributed by atoms with Gasteiger partial charge in [0.15, 0.2) is 11.6 Å². The molecule has 0 spiro atoms. The van der Waals surface area contributed by atoms with Crippen molar-refractivity contribution in [2.45, 2.75) is 9.79 Å². The standard InChI is InChI=1S/C16H8O2S4/c17-9-5-6-10(18)16-15(9)21-14(22-16)8-7-13-19-11-3-1-2-4-12(11)20-13/h1-8H. The third-order valence-corrected chi connectivity index (χ3v) is 8.05. The van der Waals surface area contributed by atoms with Gasteiger partial charge in [0.1, 0.15) is 0 Å². The number of fused-ring (bicyclic) bond motifs is 1. The van der Waals surface area contributed by atoms with E-state index >= 15 is 0 Å². The summed E-state index contributed by atoms with van der Waals surface area (Å²) in [6.45, 7) is 0. The Hall–Kier alpha value is -1.08. The molecule has 3 aliphatic rings. The minimum absolute atomic E-state index is 0.0693. The number of benzene rings is 1. The molecule has 0 saturated heterocycles. The lowest BCUT2D eigenvalue weighted by molar-refractivity contribution is -0.114. The minimum atomic E-state index is -0.0693. The Morgan fingerprint density at radius 1 is 0.682 bits per heavy atom. The Labute approximate surface area is 144 Å². The van der Waals surface area contributed by atoms with Crippen LogP contribution in [0.1, 0.15) is 0 Å². The topological polar surface area (TPSA) is 34.1 Å².